The van der Waals surface area contributed by atoms with Gasteiger partial charge >= 0.3 is 13.7 Å². The van der Waals surface area contributed by atoms with E-state index in [9.17, 15) is 0 Å². The second-order valence-corrected chi connectivity index (χ2v) is 16.0. The molecule has 4 aromatic heterocycles. The fourth-order valence-corrected chi connectivity index (χ4v) is 10.4. The standard InChI is InChI=1S/C26H18B2N2S2.C14H12N2S2/c1-3-7-17(8-4-1)27-21-11-13-31-25(21)19-16-24-20(15-23(19)29-27)26-22(12-14-32-26)28(30-24)18-9-5-2-6-10-18;15-11-8-10(14-4-2-6-18-14)12(16)7-9(11)13-3-1-5-17-13/h1-16,29-30H;1-8H,15-16H2. The molecular formula is C40H30B2N4S4. The molecule has 0 bridgehead atoms. The van der Waals surface area contributed by atoms with Crippen LogP contribution in [0.4, 0.5) is 22.7 Å². The second kappa shape index (κ2) is 13.0. The van der Waals surface area contributed by atoms with Crippen LogP contribution in [0.5, 0.6) is 0 Å². The van der Waals surface area contributed by atoms with Crippen molar-refractivity contribution in [3.63, 3.8) is 0 Å². The molecule has 8 aromatic rings. The lowest BCUT2D eigenvalue weighted by Gasteiger charge is -2.30. The van der Waals surface area contributed by atoms with Crippen molar-refractivity contribution < 1.29 is 0 Å². The van der Waals surface area contributed by atoms with Crippen LogP contribution in [0.2, 0.25) is 0 Å². The lowest BCUT2D eigenvalue weighted by molar-refractivity contribution is 1.59. The minimum absolute atomic E-state index is 0.180. The minimum Gasteiger partial charge on any atom is -0.420 e. The Balaban J connectivity index is 0.000000159. The molecule has 0 unspecified atom stereocenters. The lowest BCUT2D eigenvalue weighted by atomic mass is 9.48. The molecule has 50 heavy (non-hydrogen) atoms. The van der Waals surface area contributed by atoms with E-state index in [1.165, 1.54) is 54.1 Å². The summed E-state index contributed by atoms with van der Waals surface area (Å²) in [5.74, 6) is 0. The normalized spacial score (nSPS) is 12.4. The van der Waals surface area contributed by atoms with E-state index in [0.29, 0.717) is 0 Å². The van der Waals surface area contributed by atoms with Gasteiger partial charge in [0.05, 0.1) is 0 Å². The first-order valence-electron chi connectivity index (χ1n) is 16.4. The van der Waals surface area contributed by atoms with Crippen molar-refractivity contribution in [1.29, 1.82) is 0 Å². The molecule has 2 aliphatic rings. The predicted octanol–water partition coefficient (Wildman–Crippen LogP) is 8.51. The molecule has 240 valence electrons. The van der Waals surface area contributed by atoms with Gasteiger partial charge in [-0.25, -0.2) is 0 Å². The fraction of sp³-hybridized carbons (Fsp3) is 0. The summed E-state index contributed by atoms with van der Waals surface area (Å²) < 4.78 is 0. The second-order valence-electron chi connectivity index (χ2n) is 12.3. The van der Waals surface area contributed by atoms with E-state index in [-0.39, 0.29) is 13.7 Å². The highest BCUT2D eigenvalue weighted by atomic mass is 32.1. The van der Waals surface area contributed by atoms with Gasteiger partial charge in [0.15, 0.2) is 0 Å². The summed E-state index contributed by atoms with van der Waals surface area (Å²) in [6.45, 7) is 0.360. The number of rotatable bonds is 4. The number of fused-ring (bicyclic) bond motifs is 6. The first-order valence-corrected chi connectivity index (χ1v) is 19.9. The van der Waals surface area contributed by atoms with Crippen LogP contribution in [0.15, 0.2) is 143 Å². The third kappa shape index (κ3) is 5.54. The fourth-order valence-electron chi connectivity index (χ4n) is 6.95. The third-order valence-electron chi connectivity index (χ3n) is 9.32. The van der Waals surface area contributed by atoms with Crippen LogP contribution in [0.25, 0.3) is 41.8 Å². The van der Waals surface area contributed by atoms with Gasteiger partial charge in [-0.15, -0.1) is 45.3 Å². The number of nitrogens with two attached hydrogens (primary N) is 2. The van der Waals surface area contributed by atoms with Crippen molar-refractivity contribution >= 4 is 104 Å². The van der Waals surface area contributed by atoms with Crippen molar-refractivity contribution in [3.8, 4) is 41.8 Å². The van der Waals surface area contributed by atoms with Gasteiger partial charge in [0.2, 0.25) is 0 Å². The molecule has 0 fully saturated rings. The molecule has 2 aliphatic heterocycles. The predicted molar refractivity (Wildman–Crippen MR) is 225 cm³/mol. The molecule has 10 rings (SSSR count). The molecule has 6 heterocycles. The van der Waals surface area contributed by atoms with Crippen molar-refractivity contribution in [2.45, 2.75) is 0 Å². The number of nitrogens with one attached hydrogen (secondary N) is 2. The Labute approximate surface area is 308 Å². The average molecular weight is 717 g/mol. The topological polar surface area (TPSA) is 76.1 Å². The Hall–Kier alpha value is -4.99. The first kappa shape index (κ1) is 31.0. The van der Waals surface area contributed by atoms with E-state index in [2.05, 4.69) is 118 Å². The van der Waals surface area contributed by atoms with Crippen LogP contribution in [0.3, 0.4) is 0 Å². The van der Waals surface area contributed by atoms with Crippen molar-refractivity contribution in [3.05, 3.63) is 143 Å². The van der Waals surface area contributed by atoms with Gasteiger partial charge < -0.3 is 21.9 Å². The van der Waals surface area contributed by atoms with Gasteiger partial charge in [-0.05, 0) is 68.8 Å². The summed E-state index contributed by atoms with van der Waals surface area (Å²) in [6.07, 6.45) is 0. The Morgan fingerprint density at radius 3 is 1.26 bits per heavy atom. The molecule has 0 saturated heterocycles. The van der Waals surface area contributed by atoms with Crippen LogP contribution in [-0.4, -0.2) is 13.7 Å². The average Bonchev–Trinajstić information content (AvgIpc) is 4.00. The maximum atomic E-state index is 6.14. The van der Waals surface area contributed by atoms with Gasteiger partial charge in [-0.2, -0.15) is 0 Å². The third-order valence-corrected chi connectivity index (χ3v) is 13.1. The molecule has 4 nitrogen and oxygen atoms in total. The Morgan fingerprint density at radius 1 is 0.420 bits per heavy atom. The van der Waals surface area contributed by atoms with Crippen LogP contribution in [-0.2, 0) is 0 Å². The van der Waals surface area contributed by atoms with Gasteiger partial charge in [-0.3, -0.25) is 0 Å². The highest BCUT2D eigenvalue weighted by Crippen LogP contribution is 2.44. The smallest absolute Gasteiger partial charge is 0.322 e. The maximum Gasteiger partial charge on any atom is 0.322 e. The SMILES string of the molecule is Nc1cc(-c2cccs2)c(N)cc1-c1cccs1.c1ccc(B2Nc3cc4c(cc3-c3sccc32)NB(c2ccccc2)c2ccsc2-4)cc1. The maximum absolute atomic E-state index is 6.14. The molecular weight excluding hydrogens is 686 g/mol. The molecule has 0 spiro atoms. The van der Waals surface area contributed by atoms with Crippen LogP contribution in [0.1, 0.15) is 0 Å². The van der Waals surface area contributed by atoms with E-state index < -0.39 is 0 Å². The number of thiophene rings is 4. The van der Waals surface area contributed by atoms with E-state index >= 15 is 0 Å². The number of nitrogen functional groups attached to an aromatic ring is 2. The molecule has 0 saturated carbocycles. The van der Waals surface area contributed by atoms with Crippen LogP contribution < -0.4 is 43.8 Å². The Morgan fingerprint density at radius 2 is 0.860 bits per heavy atom. The van der Waals surface area contributed by atoms with Crippen molar-refractivity contribution in [2.75, 3.05) is 21.9 Å². The summed E-state index contributed by atoms with van der Waals surface area (Å²) in [7, 11) is 0. The number of hydrogen-bond acceptors (Lipinski definition) is 8. The van der Waals surface area contributed by atoms with Crippen LogP contribution in [0, 0.1) is 0 Å². The summed E-state index contributed by atoms with van der Waals surface area (Å²) in [5.41, 5.74) is 26.2. The minimum atomic E-state index is 0.180. The zero-order valence-corrected chi connectivity index (χ0v) is 30.1. The van der Waals surface area contributed by atoms with E-state index in [1.54, 1.807) is 22.7 Å². The zero-order valence-electron chi connectivity index (χ0n) is 26.8. The summed E-state index contributed by atoms with van der Waals surface area (Å²) in [4.78, 5) is 5.03. The quantitative estimate of drug-likeness (QED) is 0.109. The zero-order chi connectivity index (χ0) is 33.6. The van der Waals surface area contributed by atoms with E-state index in [4.69, 9.17) is 11.5 Å². The van der Waals surface area contributed by atoms with Crippen LogP contribution >= 0.6 is 45.3 Å². The summed E-state index contributed by atoms with van der Waals surface area (Å²) >= 11 is 7.01. The molecule has 4 aromatic carbocycles. The Kier molecular flexibility index (Phi) is 8.09. The number of benzene rings is 4. The lowest BCUT2D eigenvalue weighted by Crippen LogP contribution is -2.52. The molecule has 0 atom stereocenters. The van der Waals surface area contributed by atoms with Crippen molar-refractivity contribution in [2.24, 2.45) is 0 Å². The number of hydrogen-bond donors (Lipinski definition) is 4. The Bertz CT molecular complexity index is 2250. The molecule has 0 radical (unpaired) electrons. The first-order chi connectivity index (χ1) is 24.6. The van der Waals surface area contributed by atoms with Gasteiger partial charge in [0, 0.05) is 64.5 Å². The molecule has 10 heteroatoms. The molecule has 0 aliphatic carbocycles. The monoisotopic (exact) mass is 716 g/mol. The summed E-state index contributed by atoms with van der Waals surface area (Å²) in [6, 6.07) is 42.8. The molecule has 0 amide bonds. The van der Waals surface area contributed by atoms with E-state index in [1.807, 2.05) is 57.7 Å². The number of anilines is 4. The van der Waals surface area contributed by atoms with Gasteiger partial charge in [0.1, 0.15) is 0 Å². The van der Waals surface area contributed by atoms with Crippen molar-refractivity contribution in [1.82, 2.24) is 0 Å². The van der Waals surface area contributed by atoms with Gasteiger partial charge in [-0.1, -0.05) is 95.9 Å². The highest BCUT2D eigenvalue weighted by Gasteiger charge is 2.35. The summed E-state index contributed by atoms with van der Waals surface area (Å²) in [5, 5.41) is 16.2. The van der Waals surface area contributed by atoms with E-state index in [0.717, 1.165) is 32.3 Å². The van der Waals surface area contributed by atoms with Gasteiger partial charge in [0.25, 0.3) is 0 Å². The highest BCUT2D eigenvalue weighted by molar-refractivity contribution is 7.17. The molecule has 6 N–H and O–H groups in total. The largest absolute Gasteiger partial charge is 0.420 e.